The average molecular weight is 805 g/mol. The van der Waals surface area contributed by atoms with E-state index in [1.54, 1.807) is 0 Å². The number of rotatable bonds is 10. The third kappa shape index (κ3) is 7.90. The molecule has 5 rings (SSSR count). The molecule has 4 aromatic rings. The van der Waals surface area contributed by atoms with Crippen LogP contribution in [0.4, 0.5) is 0 Å². The van der Waals surface area contributed by atoms with E-state index < -0.39 is 158 Å². The van der Waals surface area contributed by atoms with Gasteiger partial charge in [-0.05, 0) is 36.4 Å². The molecular weight excluding hydrogens is 776 g/mol. The number of carbonyl (C=O) groups excluding carboxylic acids is 3. The maximum Gasteiger partial charge on any atom is 0.342 e. The number of carboxylic acids is 1. The van der Waals surface area contributed by atoms with Gasteiger partial charge in [0.1, 0.15) is 17.8 Å². The van der Waals surface area contributed by atoms with Gasteiger partial charge in [-0.2, -0.15) is 0 Å². The van der Waals surface area contributed by atoms with Crippen molar-refractivity contribution in [2.45, 2.75) is 30.7 Å². The molecule has 1 aliphatic heterocycles. The van der Waals surface area contributed by atoms with Crippen LogP contribution in [-0.2, 0) is 18.9 Å². The van der Waals surface area contributed by atoms with Gasteiger partial charge < -0.3 is 95.2 Å². The number of hydrogen-bond donors (Lipinski definition) is 14. The van der Waals surface area contributed by atoms with Gasteiger partial charge in [-0.25, -0.2) is 19.2 Å². The first-order chi connectivity index (χ1) is 26.7. The highest BCUT2D eigenvalue weighted by molar-refractivity contribution is 5.96. The Morgan fingerprint density at radius 2 is 1.00 bits per heavy atom. The van der Waals surface area contributed by atoms with E-state index in [1.165, 1.54) is 0 Å². The first-order valence-electron chi connectivity index (χ1n) is 15.6. The summed E-state index contributed by atoms with van der Waals surface area (Å²) in [5, 5.41) is 141. The van der Waals surface area contributed by atoms with Crippen LogP contribution in [0.5, 0.6) is 74.7 Å². The highest BCUT2D eigenvalue weighted by Crippen LogP contribution is 2.49. The third-order valence-corrected chi connectivity index (χ3v) is 8.06. The summed E-state index contributed by atoms with van der Waals surface area (Å²) in [5.74, 6) is -21.3. The van der Waals surface area contributed by atoms with Crippen molar-refractivity contribution in [1.82, 2.24) is 0 Å². The number of phenols is 11. The fraction of sp³-hybridized carbons (Fsp3) is 0.176. The van der Waals surface area contributed by atoms with Crippen LogP contribution in [0.25, 0.3) is 0 Å². The molecule has 23 nitrogen and oxygen atoms in total. The molecule has 5 atom stereocenters. The van der Waals surface area contributed by atoms with Crippen LogP contribution < -0.4 is 4.74 Å². The van der Waals surface area contributed by atoms with Gasteiger partial charge in [-0.1, -0.05) is 0 Å². The van der Waals surface area contributed by atoms with E-state index in [0.29, 0.717) is 42.5 Å². The fourth-order valence-corrected chi connectivity index (χ4v) is 5.18. The Morgan fingerprint density at radius 3 is 1.51 bits per heavy atom. The number of aliphatic hydroxyl groups excluding tert-OH is 2. The molecule has 1 fully saturated rings. The molecule has 1 heterocycles. The SMILES string of the molecule is O=C(O)c1cc(O)c(O)c(Oc2c(C(=O)O[C@H]3[C@H](OC(=O)c4cc(O)c(O)c(O)c4)O[C@H](CO)[C@@H](O)[C@@H]3OC(=O)c3cc(O)c(O)c(O)c3)cc(O)c(O)c2O)c1. The molecule has 4 aromatic carbocycles. The highest BCUT2D eigenvalue weighted by atomic mass is 16.7. The molecule has 0 amide bonds. The summed E-state index contributed by atoms with van der Waals surface area (Å²) >= 11 is 0. The second kappa shape index (κ2) is 15.5. The summed E-state index contributed by atoms with van der Waals surface area (Å²) in [6, 6.07) is 3.94. The molecule has 0 radical (unpaired) electrons. The lowest BCUT2D eigenvalue weighted by atomic mass is 9.98. The van der Waals surface area contributed by atoms with E-state index in [2.05, 4.69) is 0 Å². The molecule has 1 aliphatic rings. The lowest BCUT2D eigenvalue weighted by Gasteiger charge is -2.42. The van der Waals surface area contributed by atoms with E-state index in [4.69, 9.17) is 23.7 Å². The number of carboxylic acid groups (broad SMARTS) is 1. The van der Waals surface area contributed by atoms with Gasteiger partial charge in [0.15, 0.2) is 63.6 Å². The Kier molecular flexibility index (Phi) is 11.0. The van der Waals surface area contributed by atoms with Crippen molar-refractivity contribution in [2.24, 2.45) is 0 Å². The summed E-state index contributed by atoms with van der Waals surface area (Å²) in [7, 11) is 0. The number of benzene rings is 4. The minimum Gasteiger partial charge on any atom is -0.504 e. The zero-order valence-electron chi connectivity index (χ0n) is 28.1. The Labute approximate surface area is 315 Å². The molecule has 0 saturated carbocycles. The largest absolute Gasteiger partial charge is 0.504 e. The van der Waals surface area contributed by atoms with Crippen molar-refractivity contribution < 1.29 is 114 Å². The highest BCUT2D eigenvalue weighted by Gasteiger charge is 2.52. The van der Waals surface area contributed by atoms with E-state index >= 15 is 0 Å². The quantitative estimate of drug-likeness (QED) is 0.0593. The summed E-state index contributed by atoms with van der Waals surface area (Å²) in [6.07, 6.45) is -11.2. The predicted molar refractivity (Wildman–Crippen MR) is 177 cm³/mol. The molecular formula is C34H28O23. The molecule has 23 heteroatoms. The summed E-state index contributed by atoms with van der Waals surface area (Å²) < 4.78 is 26.6. The third-order valence-electron chi connectivity index (χ3n) is 8.06. The molecule has 0 spiro atoms. The maximum atomic E-state index is 13.9. The van der Waals surface area contributed by atoms with Crippen molar-refractivity contribution in [2.75, 3.05) is 6.61 Å². The van der Waals surface area contributed by atoms with Crippen LogP contribution >= 0.6 is 0 Å². The second-order valence-corrected chi connectivity index (χ2v) is 11.8. The number of ether oxygens (including phenoxy) is 5. The normalized spacial score (nSPS) is 18.9. The van der Waals surface area contributed by atoms with Crippen molar-refractivity contribution in [3.8, 4) is 74.7 Å². The Hall–Kier alpha value is -7.76. The zero-order valence-corrected chi connectivity index (χ0v) is 28.1. The van der Waals surface area contributed by atoms with Gasteiger partial charge in [-0.3, -0.25) is 0 Å². The number of carbonyl (C=O) groups is 4. The lowest BCUT2D eigenvalue weighted by Crippen LogP contribution is -2.62. The van der Waals surface area contributed by atoms with Crippen LogP contribution in [0.3, 0.4) is 0 Å². The predicted octanol–water partition coefficient (Wildman–Crippen LogP) is 0.625. The fourth-order valence-electron chi connectivity index (χ4n) is 5.18. The maximum absolute atomic E-state index is 13.9. The van der Waals surface area contributed by atoms with Gasteiger partial charge >= 0.3 is 23.9 Å². The van der Waals surface area contributed by atoms with Crippen molar-refractivity contribution in [3.05, 3.63) is 64.7 Å². The molecule has 1 saturated heterocycles. The van der Waals surface area contributed by atoms with E-state index in [0.717, 1.165) is 0 Å². The Bertz CT molecular complexity index is 2240. The summed E-state index contributed by atoms with van der Waals surface area (Å²) in [4.78, 5) is 52.0. The lowest BCUT2D eigenvalue weighted by molar-refractivity contribution is -0.283. The topological polar surface area (TPSA) is 398 Å². The molecule has 0 unspecified atom stereocenters. The van der Waals surface area contributed by atoms with Crippen LogP contribution in [-0.4, -0.2) is 133 Å². The molecule has 0 bridgehead atoms. The van der Waals surface area contributed by atoms with E-state index in [-0.39, 0.29) is 0 Å². The van der Waals surface area contributed by atoms with Crippen LogP contribution in [0, 0.1) is 0 Å². The number of aromatic hydroxyl groups is 11. The van der Waals surface area contributed by atoms with Crippen molar-refractivity contribution in [1.29, 1.82) is 0 Å². The number of hydrogen-bond acceptors (Lipinski definition) is 22. The minimum atomic E-state index is -2.43. The van der Waals surface area contributed by atoms with Gasteiger partial charge in [-0.15, -0.1) is 0 Å². The average Bonchev–Trinajstić information content (AvgIpc) is 3.15. The second-order valence-electron chi connectivity index (χ2n) is 11.8. The molecule has 302 valence electrons. The van der Waals surface area contributed by atoms with Crippen LogP contribution in [0.1, 0.15) is 41.4 Å². The summed E-state index contributed by atoms with van der Waals surface area (Å²) in [6.45, 7) is -1.13. The molecule has 0 aromatic heterocycles. The zero-order chi connectivity index (χ0) is 42.2. The van der Waals surface area contributed by atoms with Gasteiger partial charge in [0, 0.05) is 6.07 Å². The smallest absolute Gasteiger partial charge is 0.342 e. The van der Waals surface area contributed by atoms with Crippen LogP contribution in [0.15, 0.2) is 42.5 Å². The molecule has 0 aliphatic carbocycles. The van der Waals surface area contributed by atoms with Crippen molar-refractivity contribution in [3.63, 3.8) is 0 Å². The van der Waals surface area contributed by atoms with Gasteiger partial charge in [0.05, 0.1) is 23.3 Å². The first-order valence-corrected chi connectivity index (χ1v) is 15.6. The minimum absolute atomic E-state index is 0.382. The first kappa shape index (κ1) is 40.4. The summed E-state index contributed by atoms with van der Waals surface area (Å²) in [5.41, 5.74) is -3.26. The van der Waals surface area contributed by atoms with Gasteiger partial charge in [0.25, 0.3) is 0 Å². The molecule has 14 N–H and O–H groups in total. The van der Waals surface area contributed by atoms with Crippen LogP contribution in [0.2, 0.25) is 0 Å². The van der Waals surface area contributed by atoms with E-state index in [9.17, 15) is 90.7 Å². The van der Waals surface area contributed by atoms with E-state index in [1.807, 2.05) is 0 Å². The standard InChI is InChI=1S/C34H28O23/c35-8-20-25(46)28(55-31(50)10-2-13(36)21(42)14(37)3-10)29(34(54-20)57-32(51)11-4-15(38)22(43)16(39)5-11)56-33(52)12-7-18(41)24(45)26(47)27(12)53-19-6-9(30(48)49)1-17(40)23(19)44/h1-7,20,25,28-29,34-47H,8H2,(H,48,49)/t20-,25-,28+,29-,34+/m1/s1. The number of aliphatic hydroxyl groups is 2. The Balaban J connectivity index is 1.61. The number of aromatic carboxylic acids is 1. The Morgan fingerprint density at radius 1 is 0.544 bits per heavy atom. The number of esters is 3. The van der Waals surface area contributed by atoms with Crippen molar-refractivity contribution >= 4 is 23.9 Å². The monoisotopic (exact) mass is 804 g/mol. The molecule has 57 heavy (non-hydrogen) atoms. The van der Waals surface area contributed by atoms with Gasteiger partial charge in [0.2, 0.25) is 29.6 Å². The number of phenolic OH excluding ortho intramolecular Hbond substituents is 11.